The molecule has 0 unspecified atom stereocenters. The van der Waals surface area contributed by atoms with Crippen molar-refractivity contribution in [1.82, 2.24) is 0 Å². The van der Waals surface area contributed by atoms with E-state index in [-0.39, 0.29) is 11.5 Å². The predicted molar refractivity (Wildman–Crippen MR) is 104 cm³/mol. The minimum atomic E-state index is -0.0971. The van der Waals surface area contributed by atoms with Crippen LogP contribution in [0.15, 0.2) is 40.8 Å². The first-order valence-corrected chi connectivity index (χ1v) is 9.21. The zero-order valence-corrected chi connectivity index (χ0v) is 16.0. The van der Waals surface area contributed by atoms with Crippen molar-refractivity contribution in [3.8, 4) is 5.75 Å². The Morgan fingerprint density at radius 2 is 2.04 bits per heavy atom. The number of aromatic hydroxyl groups is 1. The standard InChI is InChI=1S/C19H16ClIO3/c1-2-3-4-16-18(13-7-6-12(20)10-17(13)24-16)19(23)11-5-8-15(22)14(21)9-11/h5-10,22H,2-4H2,1H3. The molecule has 1 N–H and O–H groups in total. The third kappa shape index (κ3) is 3.30. The first kappa shape index (κ1) is 17.3. The number of benzene rings is 2. The Morgan fingerprint density at radius 3 is 2.75 bits per heavy atom. The van der Waals surface area contributed by atoms with Gasteiger partial charge in [-0.25, -0.2) is 0 Å². The fourth-order valence-electron chi connectivity index (χ4n) is 2.68. The molecule has 0 amide bonds. The molecule has 0 bridgehead atoms. The quantitative estimate of drug-likeness (QED) is 0.382. The molecule has 0 saturated heterocycles. The van der Waals surface area contributed by atoms with Crippen LogP contribution in [0.5, 0.6) is 5.75 Å². The van der Waals surface area contributed by atoms with Crippen LogP contribution in [0.4, 0.5) is 0 Å². The number of phenolic OH excluding ortho intramolecular Hbond substituents is 1. The lowest BCUT2D eigenvalue weighted by molar-refractivity contribution is 0.103. The largest absolute Gasteiger partial charge is 0.507 e. The van der Waals surface area contributed by atoms with Crippen molar-refractivity contribution < 1.29 is 14.3 Å². The Hall–Kier alpha value is -1.53. The second-order valence-corrected chi connectivity index (χ2v) is 7.24. The van der Waals surface area contributed by atoms with Crippen LogP contribution in [0.25, 0.3) is 11.0 Å². The molecule has 0 spiro atoms. The number of carbonyl (C=O) groups is 1. The number of fused-ring (bicyclic) bond motifs is 1. The van der Waals surface area contributed by atoms with Gasteiger partial charge in [0.15, 0.2) is 5.78 Å². The Kier molecular flexibility index (Phi) is 5.15. The first-order valence-electron chi connectivity index (χ1n) is 7.75. The van der Waals surface area contributed by atoms with Crippen LogP contribution in [-0.2, 0) is 6.42 Å². The normalized spacial score (nSPS) is 11.1. The molecule has 24 heavy (non-hydrogen) atoms. The van der Waals surface area contributed by atoms with Crippen LogP contribution in [0.1, 0.15) is 41.4 Å². The van der Waals surface area contributed by atoms with Gasteiger partial charge in [0.2, 0.25) is 0 Å². The van der Waals surface area contributed by atoms with Crippen LogP contribution in [0, 0.1) is 3.57 Å². The van der Waals surface area contributed by atoms with E-state index in [2.05, 4.69) is 6.92 Å². The van der Waals surface area contributed by atoms with E-state index in [1.165, 1.54) is 0 Å². The number of hydrogen-bond donors (Lipinski definition) is 1. The number of carbonyl (C=O) groups excluding carboxylic acids is 1. The van der Waals surface area contributed by atoms with E-state index >= 15 is 0 Å². The highest BCUT2D eigenvalue weighted by atomic mass is 127. The molecule has 3 nitrogen and oxygen atoms in total. The minimum absolute atomic E-state index is 0.0971. The van der Waals surface area contributed by atoms with E-state index < -0.39 is 0 Å². The molecule has 0 saturated carbocycles. The third-order valence-corrected chi connectivity index (χ3v) is 5.02. The van der Waals surface area contributed by atoms with Gasteiger partial charge in [0, 0.05) is 28.5 Å². The summed E-state index contributed by atoms with van der Waals surface area (Å²) in [4.78, 5) is 13.1. The number of furan rings is 1. The van der Waals surface area contributed by atoms with Gasteiger partial charge in [0.25, 0.3) is 0 Å². The van der Waals surface area contributed by atoms with Gasteiger partial charge in [-0.1, -0.05) is 24.9 Å². The first-order chi connectivity index (χ1) is 11.5. The molecule has 1 heterocycles. The molecule has 124 valence electrons. The maximum absolute atomic E-state index is 13.1. The van der Waals surface area contributed by atoms with Crippen molar-refractivity contribution >= 4 is 50.9 Å². The number of unbranched alkanes of at least 4 members (excludes halogenated alkanes) is 1. The van der Waals surface area contributed by atoms with E-state index in [0.717, 1.165) is 18.2 Å². The maximum atomic E-state index is 13.1. The zero-order valence-electron chi connectivity index (χ0n) is 13.1. The molecule has 0 radical (unpaired) electrons. The van der Waals surface area contributed by atoms with Crippen molar-refractivity contribution in [2.24, 2.45) is 0 Å². The molecule has 2 aromatic carbocycles. The monoisotopic (exact) mass is 454 g/mol. The van der Waals surface area contributed by atoms with Crippen molar-refractivity contribution in [1.29, 1.82) is 0 Å². The van der Waals surface area contributed by atoms with E-state index in [4.69, 9.17) is 16.0 Å². The lowest BCUT2D eigenvalue weighted by atomic mass is 9.98. The Balaban J connectivity index is 2.14. The molecular formula is C19H16ClIO3. The Bertz CT molecular complexity index is 914. The summed E-state index contributed by atoms with van der Waals surface area (Å²) in [6.07, 6.45) is 2.67. The van der Waals surface area contributed by atoms with E-state index in [1.54, 1.807) is 30.3 Å². The Morgan fingerprint density at radius 1 is 1.25 bits per heavy atom. The van der Waals surface area contributed by atoms with Crippen LogP contribution < -0.4 is 0 Å². The lowest BCUT2D eigenvalue weighted by Gasteiger charge is -2.05. The molecule has 3 rings (SSSR count). The van der Waals surface area contributed by atoms with Gasteiger partial charge in [-0.05, 0) is 59.3 Å². The summed E-state index contributed by atoms with van der Waals surface area (Å²) in [7, 11) is 0. The van der Waals surface area contributed by atoms with Gasteiger partial charge in [-0.2, -0.15) is 0 Å². The van der Waals surface area contributed by atoms with Crippen molar-refractivity contribution in [3.63, 3.8) is 0 Å². The SMILES string of the molecule is CCCCc1oc2cc(Cl)ccc2c1C(=O)c1ccc(O)c(I)c1. The molecule has 3 aromatic rings. The van der Waals surface area contributed by atoms with Crippen LogP contribution in [0.2, 0.25) is 5.02 Å². The van der Waals surface area contributed by atoms with Gasteiger partial charge in [-0.15, -0.1) is 0 Å². The number of aryl methyl sites for hydroxylation is 1. The molecule has 1 aromatic heterocycles. The van der Waals surface area contributed by atoms with Gasteiger partial charge < -0.3 is 9.52 Å². The average Bonchev–Trinajstić information content (AvgIpc) is 2.92. The summed E-state index contributed by atoms with van der Waals surface area (Å²) < 4.78 is 6.57. The second-order valence-electron chi connectivity index (χ2n) is 5.64. The highest BCUT2D eigenvalue weighted by Gasteiger charge is 2.22. The number of ketones is 1. The lowest BCUT2D eigenvalue weighted by Crippen LogP contribution is -2.04. The van der Waals surface area contributed by atoms with Crippen molar-refractivity contribution in [2.75, 3.05) is 0 Å². The third-order valence-electron chi connectivity index (χ3n) is 3.92. The molecule has 0 fully saturated rings. The van der Waals surface area contributed by atoms with Crippen molar-refractivity contribution in [3.05, 3.63) is 61.9 Å². The number of hydrogen-bond acceptors (Lipinski definition) is 3. The minimum Gasteiger partial charge on any atom is -0.507 e. The summed E-state index contributed by atoms with van der Waals surface area (Å²) in [6.45, 7) is 2.10. The van der Waals surface area contributed by atoms with E-state index in [1.807, 2.05) is 28.7 Å². The number of halogens is 2. The van der Waals surface area contributed by atoms with E-state index in [9.17, 15) is 9.90 Å². The average molecular weight is 455 g/mol. The van der Waals surface area contributed by atoms with Gasteiger partial charge in [0.1, 0.15) is 17.1 Å². The van der Waals surface area contributed by atoms with Crippen LogP contribution in [-0.4, -0.2) is 10.9 Å². The molecule has 5 heteroatoms. The van der Waals surface area contributed by atoms with Crippen LogP contribution in [0.3, 0.4) is 0 Å². The summed E-state index contributed by atoms with van der Waals surface area (Å²) in [5.74, 6) is 0.768. The van der Waals surface area contributed by atoms with Gasteiger partial charge in [0.05, 0.1) is 9.13 Å². The second kappa shape index (κ2) is 7.15. The summed E-state index contributed by atoms with van der Waals surface area (Å²) in [6, 6.07) is 10.2. The maximum Gasteiger partial charge on any atom is 0.197 e. The van der Waals surface area contributed by atoms with Crippen molar-refractivity contribution in [2.45, 2.75) is 26.2 Å². The number of rotatable bonds is 5. The molecular weight excluding hydrogens is 439 g/mol. The fraction of sp³-hybridized carbons (Fsp3) is 0.211. The van der Waals surface area contributed by atoms with Gasteiger partial charge >= 0.3 is 0 Å². The number of phenols is 1. The summed E-state index contributed by atoms with van der Waals surface area (Å²) >= 11 is 8.06. The summed E-state index contributed by atoms with van der Waals surface area (Å²) in [5, 5.41) is 11.0. The molecule has 0 atom stereocenters. The zero-order chi connectivity index (χ0) is 17.3. The highest BCUT2D eigenvalue weighted by Crippen LogP contribution is 2.32. The molecule has 0 aliphatic carbocycles. The fourth-order valence-corrected chi connectivity index (χ4v) is 3.35. The van der Waals surface area contributed by atoms with Crippen LogP contribution >= 0.6 is 34.2 Å². The topological polar surface area (TPSA) is 50.4 Å². The summed E-state index contributed by atoms with van der Waals surface area (Å²) in [5.41, 5.74) is 1.76. The smallest absolute Gasteiger partial charge is 0.197 e. The Labute approximate surface area is 158 Å². The molecule has 0 aliphatic rings. The predicted octanol–water partition coefficient (Wildman–Crippen LogP) is 5.97. The van der Waals surface area contributed by atoms with E-state index in [0.29, 0.717) is 37.5 Å². The van der Waals surface area contributed by atoms with Gasteiger partial charge in [-0.3, -0.25) is 4.79 Å². The highest BCUT2D eigenvalue weighted by molar-refractivity contribution is 14.1. The molecule has 0 aliphatic heterocycles.